The van der Waals surface area contributed by atoms with E-state index in [1.807, 2.05) is 30.5 Å². The van der Waals surface area contributed by atoms with Crippen LogP contribution in [0.2, 0.25) is 0 Å². The fourth-order valence-corrected chi connectivity index (χ4v) is 3.97. The molecule has 128 valence electrons. The molecule has 0 spiro atoms. The van der Waals surface area contributed by atoms with Crippen LogP contribution in [0.15, 0.2) is 58.4 Å². The zero-order valence-corrected chi connectivity index (χ0v) is 15.6. The van der Waals surface area contributed by atoms with Crippen molar-refractivity contribution in [2.75, 3.05) is 25.1 Å². The summed E-state index contributed by atoms with van der Waals surface area (Å²) in [5, 5.41) is 9.58. The first-order valence-electron chi connectivity index (χ1n) is 8.04. The fourth-order valence-electron chi connectivity index (χ4n) is 2.60. The van der Waals surface area contributed by atoms with Crippen molar-refractivity contribution in [3.63, 3.8) is 0 Å². The minimum atomic E-state index is 0.837. The summed E-state index contributed by atoms with van der Waals surface area (Å²) in [6, 6.07) is 16.3. The number of amidine groups is 1. The van der Waals surface area contributed by atoms with Gasteiger partial charge in [0.05, 0.1) is 0 Å². The Morgan fingerprint density at radius 1 is 1.24 bits per heavy atom. The van der Waals surface area contributed by atoms with Gasteiger partial charge in [0.25, 0.3) is 0 Å². The maximum Gasteiger partial charge on any atom is 0.208 e. The van der Waals surface area contributed by atoms with Crippen LogP contribution in [0.25, 0.3) is 0 Å². The lowest BCUT2D eigenvalue weighted by Gasteiger charge is -2.17. The molecule has 1 saturated heterocycles. The van der Waals surface area contributed by atoms with Crippen molar-refractivity contribution in [2.45, 2.75) is 11.3 Å². The highest BCUT2D eigenvalue weighted by atomic mass is 32.2. The zero-order chi connectivity index (χ0) is 17.5. The van der Waals surface area contributed by atoms with Crippen LogP contribution in [-0.2, 0) is 6.42 Å². The molecule has 3 rings (SSSR count). The van der Waals surface area contributed by atoms with Gasteiger partial charge in [-0.2, -0.15) is 5.26 Å². The smallest absolute Gasteiger partial charge is 0.208 e. The van der Waals surface area contributed by atoms with Gasteiger partial charge in [-0.05, 0) is 54.6 Å². The summed E-state index contributed by atoms with van der Waals surface area (Å²) < 4.78 is 5.96. The van der Waals surface area contributed by atoms with Gasteiger partial charge in [-0.15, -0.1) is 16.8 Å². The molecule has 1 aliphatic rings. The third-order valence-electron chi connectivity index (χ3n) is 3.87. The van der Waals surface area contributed by atoms with E-state index >= 15 is 0 Å². The Kier molecular flexibility index (Phi) is 6.26. The molecule has 0 amide bonds. The van der Waals surface area contributed by atoms with Gasteiger partial charge in [0.1, 0.15) is 11.5 Å². The average Bonchev–Trinajstić information content (AvgIpc) is 3.08. The number of hydrogen-bond acceptors (Lipinski definition) is 5. The highest BCUT2D eigenvalue weighted by molar-refractivity contribution is 8.14. The maximum atomic E-state index is 8.74. The SMILES string of the molecule is CSc1ccc(Oc2cccc(CCN3CCSC3=NC#N)c2)cc1. The lowest BCUT2D eigenvalue weighted by molar-refractivity contribution is 0.463. The van der Waals surface area contributed by atoms with E-state index in [-0.39, 0.29) is 0 Å². The summed E-state index contributed by atoms with van der Waals surface area (Å²) in [6.07, 6.45) is 4.84. The van der Waals surface area contributed by atoms with Gasteiger partial charge in [0.15, 0.2) is 5.17 Å². The first kappa shape index (κ1) is 17.7. The van der Waals surface area contributed by atoms with E-state index in [2.05, 4.69) is 40.4 Å². The van der Waals surface area contributed by atoms with Crippen LogP contribution in [0.5, 0.6) is 11.5 Å². The normalized spacial score (nSPS) is 15.4. The van der Waals surface area contributed by atoms with Gasteiger partial charge in [-0.3, -0.25) is 0 Å². The Labute approximate surface area is 156 Å². The number of nitrogens with zero attached hydrogens (tertiary/aromatic N) is 3. The quantitative estimate of drug-likeness (QED) is 0.549. The van der Waals surface area contributed by atoms with Crippen molar-refractivity contribution in [1.29, 1.82) is 5.26 Å². The number of aliphatic imine (C=N–C) groups is 1. The van der Waals surface area contributed by atoms with Crippen molar-refractivity contribution in [1.82, 2.24) is 4.90 Å². The van der Waals surface area contributed by atoms with Crippen molar-refractivity contribution in [3.05, 3.63) is 54.1 Å². The van der Waals surface area contributed by atoms with Gasteiger partial charge < -0.3 is 9.64 Å². The summed E-state index contributed by atoms with van der Waals surface area (Å²) in [5.74, 6) is 2.68. The van der Waals surface area contributed by atoms with Crippen molar-refractivity contribution >= 4 is 28.7 Å². The molecule has 0 N–H and O–H groups in total. The monoisotopic (exact) mass is 369 g/mol. The summed E-state index contributed by atoms with van der Waals surface area (Å²) in [5.41, 5.74) is 1.21. The molecule has 25 heavy (non-hydrogen) atoms. The highest BCUT2D eigenvalue weighted by Gasteiger charge is 2.18. The van der Waals surface area contributed by atoms with Crippen LogP contribution in [-0.4, -0.2) is 35.2 Å². The Morgan fingerprint density at radius 2 is 2.08 bits per heavy atom. The van der Waals surface area contributed by atoms with E-state index < -0.39 is 0 Å². The molecule has 1 heterocycles. The predicted octanol–water partition coefficient (Wildman–Crippen LogP) is 4.63. The minimum Gasteiger partial charge on any atom is -0.457 e. The predicted molar refractivity (Wildman–Crippen MR) is 106 cm³/mol. The van der Waals surface area contributed by atoms with E-state index in [0.717, 1.165) is 41.9 Å². The largest absolute Gasteiger partial charge is 0.457 e. The lowest BCUT2D eigenvalue weighted by atomic mass is 10.1. The van der Waals surface area contributed by atoms with E-state index in [1.165, 1.54) is 10.5 Å². The maximum absolute atomic E-state index is 8.74. The molecule has 6 heteroatoms. The highest BCUT2D eigenvalue weighted by Crippen LogP contribution is 2.25. The van der Waals surface area contributed by atoms with E-state index in [9.17, 15) is 0 Å². The summed E-state index contributed by atoms with van der Waals surface area (Å²) >= 11 is 3.36. The van der Waals surface area contributed by atoms with E-state index in [4.69, 9.17) is 10.00 Å². The van der Waals surface area contributed by atoms with Crippen LogP contribution in [0.3, 0.4) is 0 Å². The molecule has 0 aliphatic carbocycles. The number of ether oxygens (including phenoxy) is 1. The molecule has 4 nitrogen and oxygen atoms in total. The first-order valence-corrected chi connectivity index (χ1v) is 10.2. The van der Waals surface area contributed by atoms with Gasteiger partial charge in [0, 0.05) is 23.7 Å². The Morgan fingerprint density at radius 3 is 2.84 bits per heavy atom. The van der Waals surface area contributed by atoms with Crippen LogP contribution in [0, 0.1) is 11.5 Å². The number of nitriles is 1. The molecular formula is C19H19N3OS2. The molecule has 2 aromatic rings. The third-order valence-corrected chi connectivity index (χ3v) is 5.61. The average molecular weight is 370 g/mol. The molecule has 0 bridgehead atoms. The van der Waals surface area contributed by atoms with Crippen molar-refractivity contribution < 1.29 is 4.74 Å². The molecule has 0 aromatic heterocycles. The van der Waals surface area contributed by atoms with Gasteiger partial charge in [-0.1, -0.05) is 23.9 Å². The second-order valence-corrected chi connectivity index (χ2v) is 7.45. The first-order chi connectivity index (χ1) is 12.3. The van der Waals surface area contributed by atoms with E-state index in [1.54, 1.807) is 23.5 Å². The molecule has 1 aliphatic heterocycles. The fraction of sp³-hybridized carbons (Fsp3) is 0.263. The number of hydrogen-bond donors (Lipinski definition) is 0. The Bertz CT molecular complexity index is 784. The van der Waals surface area contributed by atoms with Crippen LogP contribution >= 0.6 is 23.5 Å². The summed E-state index contributed by atoms with van der Waals surface area (Å²) in [6.45, 7) is 1.81. The molecule has 0 saturated carbocycles. The standard InChI is InChI=1S/C19H19N3OS2/c1-24-18-7-5-16(6-8-18)23-17-4-2-3-15(13-17)9-10-22-11-12-25-19(22)21-14-20/h2-8,13H,9-12H2,1H3. The molecular weight excluding hydrogens is 350 g/mol. The Balaban J connectivity index is 1.61. The summed E-state index contributed by atoms with van der Waals surface area (Å²) in [4.78, 5) is 7.28. The van der Waals surface area contributed by atoms with Gasteiger partial charge >= 0.3 is 0 Å². The van der Waals surface area contributed by atoms with Crippen LogP contribution < -0.4 is 4.74 Å². The minimum absolute atomic E-state index is 0.837. The molecule has 0 radical (unpaired) electrons. The molecule has 0 atom stereocenters. The lowest BCUT2D eigenvalue weighted by Crippen LogP contribution is -2.26. The Hall–Kier alpha value is -2.10. The van der Waals surface area contributed by atoms with E-state index in [0.29, 0.717) is 0 Å². The number of benzene rings is 2. The van der Waals surface area contributed by atoms with Gasteiger partial charge in [0.2, 0.25) is 6.19 Å². The second kappa shape index (κ2) is 8.84. The van der Waals surface area contributed by atoms with Crippen molar-refractivity contribution in [3.8, 4) is 17.7 Å². The number of thioether (sulfide) groups is 2. The molecule has 2 aromatic carbocycles. The molecule has 1 fully saturated rings. The van der Waals surface area contributed by atoms with Crippen LogP contribution in [0.1, 0.15) is 5.56 Å². The second-order valence-electron chi connectivity index (χ2n) is 5.50. The topological polar surface area (TPSA) is 48.6 Å². The third kappa shape index (κ3) is 4.94. The van der Waals surface area contributed by atoms with Crippen LogP contribution in [0.4, 0.5) is 0 Å². The zero-order valence-electron chi connectivity index (χ0n) is 14.0. The number of rotatable bonds is 6. The van der Waals surface area contributed by atoms with Crippen molar-refractivity contribution in [2.24, 2.45) is 4.99 Å². The summed E-state index contributed by atoms with van der Waals surface area (Å²) in [7, 11) is 0. The van der Waals surface area contributed by atoms with Gasteiger partial charge in [-0.25, -0.2) is 0 Å². The molecule has 0 unspecified atom stereocenters.